The Morgan fingerprint density at radius 1 is 1.00 bits per heavy atom. The summed E-state index contributed by atoms with van der Waals surface area (Å²) in [7, 11) is 0.296. The third kappa shape index (κ3) is 2.72. The maximum absolute atomic E-state index is 11.5. The summed E-state index contributed by atoms with van der Waals surface area (Å²) in [5.41, 5.74) is 0.731. The van der Waals surface area contributed by atoms with E-state index in [1.807, 2.05) is 36.4 Å². The molecule has 0 saturated heterocycles. The summed E-state index contributed by atoms with van der Waals surface area (Å²) in [4.78, 5) is 11.5. The van der Waals surface area contributed by atoms with Gasteiger partial charge in [-0.05, 0) is 18.3 Å². The van der Waals surface area contributed by atoms with Crippen LogP contribution < -0.4 is 10.6 Å². The highest BCUT2D eigenvalue weighted by atomic mass is 31.1. The Bertz CT molecular complexity index is 549. The van der Waals surface area contributed by atoms with Gasteiger partial charge in [0.15, 0.2) is 5.78 Å². The second kappa shape index (κ2) is 5.11. The van der Waals surface area contributed by atoms with Crippen molar-refractivity contribution in [2.24, 2.45) is 0 Å². The summed E-state index contributed by atoms with van der Waals surface area (Å²) in [6, 6.07) is 14.7. The minimum Gasteiger partial charge on any atom is -0.507 e. The first kappa shape index (κ1) is 11.8. The van der Waals surface area contributed by atoms with Crippen LogP contribution in [0.15, 0.2) is 48.5 Å². The lowest BCUT2D eigenvalue weighted by Crippen LogP contribution is -2.12. The van der Waals surface area contributed by atoms with Gasteiger partial charge in [-0.2, -0.15) is 0 Å². The van der Waals surface area contributed by atoms with Crippen molar-refractivity contribution in [2.75, 3.05) is 0 Å². The van der Waals surface area contributed by atoms with E-state index in [4.69, 9.17) is 0 Å². The summed E-state index contributed by atoms with van der Waals surface area (Å²) in [6.07, 6.45) is 0. The van der Waals surface area contributed by atoms with Gasteiger partial charge in [-0.25, -0.2) is 0 Å². The number of rotatable bonds is 3. The molecule has 0 aromatic heterocycles. The Morgan fingerprint density at radius 2 is 1.59 bits per heavy atom. The fourth-order valence-electron chi connectivity index (χ4n) is 1.62. The highest BCUT2D eigenvalue weighted by Gasteiger charge is 2.08. The summed E-state index contributed by atoms with van der Waals surface area (Å²) in [6.45, 7) is 1.56. The molecule has 0 amide bonds. The zero-order valence-corrected chi connectivity index (χ0v) is 10.5. The number of carbonyl (C=O) groups excluding carboxylic acids is 1. The topological polar surface area (TPSA) is 37.3 Å². The van der Waals surface area contributed by atoms with E-state index in [0.717, 1.165) is 16.2 Å². The highest BCUT2D eigenvalue weighted by molar-refractivity contribution is 7.56. The first-order chi connectivity index (χ1) is 8.18. The van der Waals surface area contributed by atoms with Gasteiger partial charge in [0.2, 0.25) is 0 Å². The van der Waals surface area contributed by atoms with E-state index in [2.05, 4.69) is 0 Å². The first-order valence-electron chi connectivity index (χ1n) is 5.33. The number of carbonyl (C=O) groups is 1. The Morgan fingerprint density at radius 3 is 2.24 bits per heavy atom. The molecule has 0 aliphatic heterocycles. The van der Waals surface area contributed by atoms with Crippen LogP contribution in [0.3, 0.4) is 0 Å². The predicted molar refractivity (Wildman–Crippen MR) is 72.1 cm³/mol. The fourth-order valence-corrected chi connectivity index (χ4v) is 2.88. The third-order valence-electron chi connectivity index (χ3n) is 2.48. The average Bonchev–Trinajstić information content (AvgIpc) is 2.32. The van der Waals surface area contributed by atoms with Crippen LogP contribution in [0.5, 0.6) is 5.75 Å². The van der Waals surface area contributed by atoms with E-state index in [0.29, 0.717) is 8.58 Å². The van der Waals surface area contributed by atoms with Gasteiger partial charge in [-0.3, -0.25) is 4.79 Å². The SMILES string of the molecule is CC(=O)c1ccccc1Pc1ccccc1O. The monoisotopic (exact) mass is 244 g/mol. The quantitative estimate of drug-likeness (QED) is 0.664. The van der Waals surface area contributed by atoms with Gasteiger partial charge >= 0.3 is 0 Å². The molecule has 0 heterocycles. The Hall–Kier alpha value is -1.66. The van der Waals surface area contributed by atoms with Gasteiger partial charge in [0.25, 0.3) is 0 Å². The van der Waals surface area contributed by atoms with Crippen LogP contribution in [0.25, 0.3) is 0 Å². The second-order valence-corrected chi connectivity index (χ2v) is 5.07. The number of aromatic hydroxyl groups is 1. The summed E-state index contributed by atoms with van der Waals surface area (Å²) in [5.74, 6) is 0.340. The smallest absolute Gasteiger partial charge is 0.160 e. The van der Waals surface area contributed by atoms with Crippen molar-refractivity contribution < 1.29 is 9.90 Å². The van der Waals surface area contributed by atoms with Crippen molar-refractivity contribution in [1.82, 2.24) is 0 Å². The lowest BCUT2D eigenvalue weighted by atomic mass is 10.1. The van der Waals surface area contributed by atoms with Crippen molar-refractivity contribution in [2.45, 2.75) is 6.92 Å². The number of phenols is 1. The first-order valence-corrected chi connectivity index (χ1v) is 6.33. The van der Waals surface area contributed by atoms with Crippen LogP contribution in [0.1, 0.15) is 17.3 Å². The molecule has 0 spiro atoms. The minimum absolute atomic E-state index is 0.0588. The number of hydrogen-bond acceptors (Lipinski definition) is 2. The minimum atomic E-state index is 0.0588. The van der Waals surface area contributed by atoms with Gasteiger partial charge in [0, 0.05) is 10.9 Å². The van der Waals surface area contributed by atoms with Crippen LogP contribution in [-0.2, 0) is 0 Å². The predicted octanol–water partition coefficient (Wildman–Crippen LogP) is 2.22. The molecular formula is C14H13O2P. The molecule has 86 valence electrons. The Balaban J connectivity index is 2.37. The summed E-state index contributed by atoms with van der Waals surface area (Å²) >= 11 is 0. The number of ketones is 1. The second-order valence-electron chi connectivity index (χ2n) is 3.74. The van der Waals surface area contributed by atoms with Crippen molar-refractivity contribution in [3.05, 3.63) is 54.1 Å². The van der Waals surface area contributed by atoms with Gasteiger partial charge in [-0.1, -0.05) is 51.0 Å². The zero-order chi connectivity index (χ0) is 12.3. The van der Waals surface area contributed by atoms with Gasteiger partial charge in [-0.15, -0.1) is 0 Å². The normalized spacial score (nSPS) is 10.9. The van der Waals surface area contributed by atoms with Crippen molar-refractivity contribution >= 4 is 25.0 Å². The number of hydrogen-bond donors (Lipinski definition) is 1. The van der Waals surface area contributed by atoms with Crippen LogP contribution in [0.2, 0.25) is 0 Å². The van der Waals surface area contributed by atoms with E-state index in [9.17, 15) is 9.90 Å². The molecule has 0 aliphatic rings. The molecule has 0 bridgehead atoms. The molecule has 3 heteroatoms. The van der Waals surface area contributed by atoms with Gasteiger partial charge in [0.1, 0.15) is 5.75 Å². The van der Waals surface area contributed by atoms with Gasteiger partial charge < -0.3 is 5.11 Å². The standard InChI is InChI=1S/C14H13O2P/c1-10(15)11-6-2-4-8-13(11)17-14-9-5-3-7-12(14)16/h2-9,16-17H,1H3. The van der Waals surface area contributed by atoms with E-state index >= 15 is 0 Å². The fraction of sp³-hybridized carbons (Fsp3) is 0.0714. The lowest BCUT2D eigenvalue weighted by molar-refractivity contribution is 0.101. The molecule has 2 aromatic carbocycles. The number of Topliss-reactive ketones (excluding diaryl/α,β-unsaturated/α-hetero) is 1. The molecule has 0 fully saturated rings. The summed E-state index contributed by atoms with van der Waals surface area (Å²) in [5, 5.41) is 11.6. The lowest BCUT2D eigenvalue weighted by Gasteiger charge is -2.08. The third-order valence-corrected chi connectivity index (χ3v) is 3.88. The molecule has 0 radical (unpaired) electrons. The summed E-state index contributed by atoms with van der Waals surface area (Å²) < 4.78 is 0. The van der Waals surface area contributed by atoms with E-state index in [-0.39, 0.29) is 11.5 Å². The Labute approximate surface area is 102 Å². The average molecular weight is 244 g/mol. The molecule has 2 rings (SSSR count). The molecule has 0 aliphatic carbocycles. The molecule has 17 heavy (non-hydrogen) atoms. The molecule has 1 atom stereocenters. The molecule has 2 aromatic rings. The largest absolute Gasteiger partial charge is 0.507 e. The van der Waals surface area contributed by atoms with Crippen LogP contribution in [-0.4, -0.2) is 10.9 Å². The maximum atomic E-state index is 11.5. The number of phenolic OH excluding ortho intramolecular Hbond substituents is 1. The van der Waals surface area contributed by atoms with E-state index < -0.39 is 0 Å². The van der Waals surface area contributed by atoms with Crippen LogP contribution in [0, 0.1) is 0 Å². The van der Waals surface area contributed by atoms with Crippen LogP contribution >= 0.6 is 8.58 Å². The number of para-hydroxylation sites is 1. The zero-order valence-electron chi connectivity index (χ0n) is 9.47. The Kier molecular flexibility index (Phi) is 3.55. The molecule has 2 nitrogen and oxygen atoms in total. The van der Waals surface area contributed by atoms with Crippen molar-refractivity contribution in [3.63, 3.8) is 0 Å². The molecule has 1 N–H and O–H groups in total. The van der Waals surface area contributed by atoms with E-state index in [1.165, 1.54) is 0 Å². The highest BCUT2D eigenvalue weighted by Crippen LogP contribution is 2.19. The van der Waals surface area contributed by atoms with Crippen molar-refractivity contribution in [3.8, 4) is 5.75 Å². The van der Waals surface area contributed by atoms with Crippen LogP contribution in [0.4, 0.5) is 0 Å². The van der Waals surface area contributed by atoms with Crippen molar-refractivity contribution in [1.29, 1.82) is 0 Å². The molecular weight excluding hydrogens is 231 g/mol. The number of benzene rings is 2. The van der Waals surface area contributed by atoms with E-state index in [1.54, 1.807) is 19.1 Å². The van der Waals surface area contributed by atoms with Gasteiger partial charge in [0.05, 0.1) is 0 Å². The molecule has 0 saturated carbocycles. The maximum Gasteiger partial charge on any atom is 0.160 e. The molecule has 1 unspecified atom stereocenters.